The molecule has 0 atom stereocenters. The van der Waals surface area contributed by atoms with Crippen molar-refractivity contribution in [1.29, 1.82) is 0 Å². The third kappa shape index (κ3) is 4.12. The van der Waals surface area contributed by atoms with E-state index in [2.05, 4.69) is 5.32 Å². The number of pyridine rings is 1. The number of anilines is 1. The van der Waals surface area contributed by atoms with Gasteiger partial charge in [0.15, 0.2) is 0 Å². The summed E-state index contributed by atoms with van der Waals surface area (Å²) < 4.78 is 14.2. The molecule has 0 aliphatic rings. The topological polar surface area (TPSA) is 71.4 Å². The summed E-state index contributed by atoms with van der Waals surface area (Å²) in [6.07, 6.45) is 1.44. The van der Waals surface area contributed by atoms with E-state index >= 15 is 0 Å². The van der Waals surface area contributed by atoms with E-state index in [1.165, 1.54) is 36.0 Å². The van der Waals surface area contributed by atoms with Gasteiger partial charge in [0.2, 0.25) is 0 Å². The van der Waals surface area contributed by atoms with Gasteiger partial charge in [-0.2, -0.15) is 0 Å². The first kappa shape index (κ1) is 18.4. The number of carbonyl (C=O) groups is 2. The van der Waals surface area contributed by atoms with Gasteiger partial charge >= 0.3 is 0 Å². The minimum Gasteiger partial charge on any atom is -0.339 e. The Bertz CT molecular complexity index is 840. The standard InChI is InChI=1S/C18H20FN3O3/c1-4-22(5-2)17(24)13-10-15(18(25)21(3)11-13)20-16(23)12-6-8-14(19)9-7-12/h6-11H,4-5H2,1-3H3,(H,20,23). The van der Waals surface area contributed by atoms with E-state index < -0.39 is 17.3 Å². The monoisotopic (exact) mass is 345 g/mol. The highest BCUT2D eigenvalue weighted by atomic mass is 19.1. The van der Waals surface area contributed by atoms with Gasteiger partial charge in [-0.05, 0) is 44.2 Å². The van der Waals surface area contributed by atoms with Crippen LogP contribution in [0.1, 0.15) is 34.6 Å². The molecule has 0 bridgehead atoms. The number of nitrogens with zero attached hydrogens (tertiary/aromatic N) is 2. The molecular formula is C18H20FN3O3. The molecule has 1 aromatic heterocycles. The number of amides is 2. The van der Waals surface area contributed by atoms with Crippen molar-refractivity contribution in [2.24, 2.45) is 7.05 Å². The van der Waals surface area contributed by atoms with Gasteiger partial charge in [-0.3, -0.25) is 14.4 Å². The zero-order valence-corrected chi connectivity index (χ0v) is 14.4. The number of hydrogen-bond donors (Lipinski definition) is 1. The molecule has 0 unspecified atom stereocenters. The maximum Gasteiger partial charge on any atom is 0.274 e. The smallest absolute Gasteiger partial charge is 0.274 e. The highest BCUT2D eigenvalue weighted by molar-refractivity contribution is 6.05. The Kier molecular flexibility index (Phi) is 5.69. The van der Waals surface area contributed by atoms with Crippen LogP contribution in [0.5, 0.6) is 0 Å². The summed E-state index contributed by atoms with van der Waals surface area (Å²) in [5.74, 6) is -1.23. The van der Waals surface area contributed by atoms with Crippen LogP contribution in [0.25, 0.3) is 0 Å². The minimum atomic E-state index is -0.551. The van der Waals surface area contributed by atoms with Crippen LogP contribution in [-0.4, -0.2) is 34.4 Å². The van der Waals surface area contributed by atoms with Crippen molar-refractivity contribution >= 4 is 17.5 Å². The first-order valence-corrected chi connectivity index (χ1v) is 7.94. The average Bonchev–Trinajstić information content (AvgIpc) is 2.60. The SMILES string of the molecule is CCN(CC)C(=O)c1cc(NC(=O)c2ccc(F)cc2)c(=O)n(C)c1. The first-order valence-electron chi connectivity index (χ1n) is 7.94. The molecule has 0 aliphatic carbocycles. The summed E-state index contributed by atoms with van der Waals surface area (Å²) in [7, 11) is 1.51. The number of halogens is 1. The minimum absolute atomic E-state index is 0.00479. The number of hydrogen-bond acceptors (Lipinski definition) is 3. The van der Waals surface area contributed by atoms with Crippen molar-refractivity contribution in [3.8, 4) is 0 Å². The Balaban J connectivity index is 2.34. The third-order valence-electron chi connectivity index (χ3n) is 3.84. The number of aryl methyl sites for hydroxylation is 1. The van der Waals surface area contributed by atoms with Gasteiger partial charge in [0, 0.05) is 31.9 Å². The summed E-state index contributed by atoms with van der Waals surface area (Å²) >= 11 is 0. The summed E-state index contributed by atoms with van der Waals surface area (Å²) in [5, 5.41) is 2.49. The molecule has 0 fully saturated rings. The Hall–Kier alpha value is -2.96. The molecule has 2 amide bonds. The van der Waals surface area contributed by atoms with Crippen LogP contribution < -0.4 is 10.9 Å². The van der Waals surface area contributed by atoms with E-state index in [0.29, 0.717) is 18.7 Å². The molecule has 0 saturated heterocycles. The molecule has 0 spiro atoms. The molecule has 0 saturated carbocycles. The van der Waals surface area contributed by atoms with Gasteiger partial charge in [-0.15, -0.1) is 0 Å². The molecule has 6 nitrogen and oxygen atoms in total. The Morgan fingerprint density at radius 1 is 1.12 bits per heavy atom. The van der Waals surface area contributed by atoms with Crippen LogP contribution in [0.2, 0.25) is 0 Å². The fraction of sp³-hybridized carbons (Fsp3) is 0.278. The molecular weight excluding hydrogens is 325 g/mol. The highest BCUT2D eigenvalue weighted by Crippen LogP contribution is 2.11. The van der Waals surface area contributed by atoms with Crippen molar-refractivity contribution in [3.05, 3.63) is 63.8 Å². The van der Waals surface area contributed by atoms with Crippen molar-refractivity contribution < 1.29 is 14.0 Å². The second-order valence-electron chi connectivity index (χ2n) is 5.50. The van der Waals surface area contributed by atoms with Crippen LogP contribution in [0.4, 0.5) is 10.1 Å². The number of rotatable bonds is 5. The Morgan fingerprint density at radius 2 is 1.72 bits per heavy atom. The molecule has 1 aromatic carbocycles. The van der Waals surface area contributed by atoms with Crippen LogP contribution >= 0.6 is 0 Å². The van der Waals surface area contributed by atoms with Crippen LogP contribution in [-0.2, 0) is 7.05 Å². The summed E-state index contributed by atoms with van der Waals surface area (Å²) in [5.41, 5.74) is 0.0746. The second-order valence-corrected chi connectivity index (χ2v) is 5.50. The van der Waals surface area contributed by atoms with Gasteiger partial charge in [-0.25, -0.2) is 4.39 Å². The van der Waals surface area contributed by atoms with Gasteiger partial charge in [0.05, 0.1) is 5.56 Å². The molecule has 2 rings (SSSR count). The van der Waals surface area contributed by atoms with Crippen molar-refractivity contribution in [1.82, 2.24) is 9.47 Å². The molecule has 25 heavy (non-hydrogen) atoms. The number of aromatic nitrogens is 1. The van der Waals surface area contributed by atoms with Crippen LogP contribution in [0.3, 0.4) is 0 Å². The second kappa shape index (κ2) is 7.74. The molecule has 132 valence electrons. The lowest BCUT2D eigenvalue weighted by atomic mass is 10.2. The van der Waals surface area contributed by atoms with Gasteiger partial charge in [0.25, 0.3) is 17.4 Å². The molecule has 1 heterocycles. The fourth-order valence-corrected chi connectivity index (χ4v) is 2.41. The zero-order valence-electron chi connectivity index (χ0n) is 14.4. The van der Waals surface area contributed by atoms with Crippen molar-refractivity contribution in [3.63, 3.8) is 0 Å². The predicted molar refractivity (Wildman–Crippen MR) is 93.3 cm³/mol. The molecule has 2 aromatic rings. The zero-order chi connectivity index (χ0) is 18.6. The van der Waals surface area contributed by atoms with E-state index in [4.69, 9.17) is 0 Å². The molecule has 0 radical (unpaired) electrons. The normalized spacial score (nSPS) is 10.4. The van der Waals surface area contributed by atoms with Crippen LogP contribution in [0, 0.1) is 5.82 Å². The highest BCUT2D eigenvalue weighted by Gasteiger charge is 2.17. The molecule has 7 heteroatoms. The van der Waals surface area contributed by atoms with E-state index in [9.17, 15) is 18.8 Å². The van der Waals surface area contributed by atoms with Gasteiger partial charge in [0.1, 0.15) is 11.5 Å². The molecule has 1 N–H and O–H groups in total. The Morgan fingerprint density at radius 3 is 2.28 bits per heavy atom. The third-order valence-corrected chi connectivity index (χ3v) is 3.84. The fourth-order valence-electron chi connectivity index (χ4n) is 2.41. The predicted octanol–water partition coefficient (Wildman–Crippen LogP) is 2.26. The van der Waals surface area contributed by atoms with Crippen molar-refractivity contribution in [2.45, 2.75) is 13.8 Å². The van der Waals surface area contributed by atoms with Gasteiger partial charge < -0.3 is 14.8 Å². The van der Waals surface area contributed by atoms with E-state index in [-0.39, 0.29) is 17.2 Å². The van der Waals surface area contributed by atoms with E-state index in [1.54, 1.807) is 4.90 Å². The number of carbonyl (C=O) groups excluding carboxylic acids is 2. The Labute approximate surface area is 144 Å². The maximum absolute atomic E-state index is 13.0. The quantitative estimate of drug-likeness (QED) is 0.903. The lowest BCUT2D eigenvalue weighted by Gasteiger charge is -2.19. The average molecular weight is 345 g/mol. The van der Waals surface area contributed by atoms with Crippen molar-refractivity contribution in [2.75, 3.05) is 18.4 Å². The largest absolute Gasteiger partial charge is 0.339 e. The summed E-state index contributed by atoms with van der Waals surface area (Å²) in [4.78, 5) is 38.6. The van der Waals surface area contributed by atoms with Crippen LogP contribution in [0.15, 0.2) is 41.3 Å². The summed E-state index contributed by atoms with van der Waals surface area (Å²) in [6.45, 7) is 4.80. The molecule has 0 aliphatic heterocycles. The number of benzene rings is 1. The van der Waals surface area contributed by atoms with E-state index in [0.717, 1.165) is 12.1 Å². The summed E-state index contributed by atoms with van der Waals surface area (Å²) in [6, 6.07) is 6.32. The first-order chi connectivity index (χ1) is 11.9. The lowest BCUT2D eigenvalue weighted by molar-refractivity contribution is 0.0771. The van der Waals surface area contributed by atoms with E-state index in [1.807, 2.05) is 13.8 Å². The lowest BCUT2D eigenvalue weighted by Crippen LogP contribution is -2.32. The number of nitrogens with one attached hydrogen (secondary N) is 1. The van der Waals surface area contributed by atoms with Gasteiger partial charge in [-0.1, -0.05) is 0 Å². The maximum atomic E-state index is 13.0.